The second-order valence-electron chi connectivity index (χ2n) is 8.98. The maximum absolute atomic E-state index is 6.32. The van der Waals surface area contributed by atoms with Crippen molar-refractivity contribution >= 4 is 27.9 Å². The number of aromatic nitrogens is 3. The molecule has 2 aliphatic rings. The summed E-state index contributed by atoms with van der Waals surface area (Å²) in [6, 6.07) is 21.4. The largest absolute Gasteiger partial charge is 0.295 e. The lowest BCUT2D eigenvalue weighted by Gasteiger charge is -2.23. The van der Waals surface area contributed by atoms with E-state index < -0.39 is 0 Å². The minimum atomic E-state index is 0.363. The number of hydrogen-bond donors (Lipinski definition) is 0. The van der Waals surface area contributed by atoms with E-state index >= 15 is 0 Å². The van der Waals surface area contributed by atoms with Gasteiger partial charge in [-0.2, -0.15) is 0 Å². The van der Waals surface area contributed by atoms with Crippen LogP contribution in [0.25, 0.3) is 22.0 Å². The lowest BCUT2D eigenvalue weighted by Crippen LogP contribution is -2.16. The molecule has 2 heterocycles. The van der Waals surface area contributed by atoms with Crippen molar-refractivity contribution < 1.29 is 0 Å². The van der Waals surface area contributed by atoms with E-state index in [1.54, 1.807) is 0 Å². The van der Waals surface area contributed by atoms with Crippen molar-refractivity contribution in [3.63, 3.8) is 0 Å². The van der Waals surface area contributed by atoms with Gasteiger partial charge in [0.15, 0.2) is 5.82 Å². The molecule has 1 aliphatic heterocycles. The standard InChI is InChI=1S/C27H25ClN4/c1-31-16-21-15-22(28)13-14-25(21)32-26(17-31)29-30-27(32)20-11-9-19(10-12-20)24-8-4-6-18-5-2-3-7-23(18)24/h2-9,13-15,20H,10-12,16-17H2,1H3. The van der Waals surface area contributed by atoms with E-state index in [1.165, 1.54) is 27.5 Å². The molecule has 1 atom stereocenters. The molecule has 0 radical (unpaired) electrons. The molecule has 0 N–H and O–H groups in total. The lowest BCUT2D eigenvalue weighted by molar-refractivity contribution is 0.315. The van der Waals surface area contributed by atoms with Crippen LogP contribution in [0.1, 0.15) is 48.0 Å². The Hall–Kier alpha value is -2.95. The Bertz CT molecular complexity index is 1350. The van der Waals surface area contributed by atoms with Gasteiger partial charge >= 0.3 is 0 Å². The Morgan fingerprint density at radius 3 is 2.72 bits per heavy atom. The number of fused-ring (bicyclic) bond motifs is 4. The molecule has 0 spiro atoms. The van der Waals surface area contributed by atoms with Gasteiger partial charge in [0.25, 0.3) is 0 Å². The van der Waals surface area contributed by atoms with Gasteiger partial charge in [0.05, 0.1) is 12.2 Å². The van der Waals surface area contributed by atoms with Crippen LogP contribution in [0.4, 0.5) is 0 Å². The summed E-state index contributed by atoms with van der Waals surface area (Å²) in [5.74, 6) is 2.45. The molecule has 0 saturated heterocycles. The van der Waals surface area contributed by atoms with E-state index in [-0.39, 0.29) is 0 Å². The van der Waals surface area contributed by atoms with Gasteiger partial charge in [-0.05, 0) is 72.0 Å². The van der Waals surface area contributed by atoms with E-state index in [1.807, 2.05) is 6.07 Å². The SMILES string of the molecule is CN1Cc2cc(Cl)ccc2-n2c(nnc2C2CC=C(c3cccc4ccccc34)CC2)C1. The maximum atomic E-state index is 6.32. The van der Waals surface area contributed by atoms with Crippen LogP contribution in [0.3, 0.4) is 0 Å². The summed E-state index contributed by atoms with van der Waals surface area (Å²) in [6.45, 7) is 1.64. The zero-order valence-corrected chi connectivity index (χ0v) is 18.9. The zero-order chi connectivity index (χ0) is 21.7. The van der Waals surface area contributed by atoms with Crippen LogP contribution in [0.15, 0.2) is 66.7 Å². The average Bonchev–Trinajstić information content (AvgIpc) is 3.16. The highest BCUT2D eigenvalue weighted by Crippen LogP contribution is 2.39. The molecule has 4 nitrogen and oxygen atoms in total. The molecule has 5 heteroatoms. The van der Waals surface area contributed by atoms with Crippen molar-refractivity contribution in [1.29, 1.82) is 0 Å². The maximum Gasteiger partial charge on any atom is 0.151 e. The summed E-state index contributed by atoms with van der Waals surface area (Å²) in [6.07, 6.45) is 5.53. The van der Waals surface area contributed by atoms with Crippen molar-refractivity contribution in [2.75, 3.05) is 7.05 Å². The number of halogens is 1. The molecule has 1 aromatic heterocycles. The predicted molar refractivity (Wildman–Crippen MR) is 130 cm³/mol. The highest BCUT2D eigenvalue weighted by atomic mass is 35.5. The summed E-state index contributed by atoms with van der Waals surface area (Å²) < 4.78 is 2.29. The first-order chi connectivity index (χ1) is 15.7. The second kappa shape index (κ2) is 7.88. The van der Waals surface area contributed by atoms with Crippen LogP contribution >= 0.6 is 11.6 Å². The third-order valence-electron chi connectivity index (χ3n) is 6.80. The molecule has 1 aliphatic carbocycles. The van der Waals surface area contributed by atoms with Gasteiger partial charge in [-0.3, -0.25) is 9.47 Å². The van der Waals surface area contributed by atoms with Crippen LogP contribution in [-0.2, 0) is 13.1 Å². The van der Waals surface area contributed by atoms with E-state index in [4.69, 9.17) is 16.7 Å². The molecule has 32 heavy (non-hydrogen) atoms. The first kappa shape index (κ1) is 19.7. The molecule has 4 aromatic rings. The molecular weight excluding hydrogens is 416 g/mol. The Morgan fingerprint density at radius 1 is 0.969 bits per heavy atom. The number of nitrogens with zero attached hydrogens (tertiary/aromatic N) is 4. The number of hydrogen-bond acceptors (Lipinski definition) is 3. The Labute approximate surface area is 193 Å². The van der Waals surface area contributed by atoms with Crippen molar-refractivity contribution in [2.24, 2.45) is 0 Å². The van der Waals surface area contributed by atoms with Crippen LogP contribution in [0, 0.1) is 0 Å². The van der Waals surface area contributed by atoms with E-state index in [2.05, 4.69) is 82.3 Å². The minimum absolute atomic E-state index is 0.363. The van der Waals surface area contributed by atoms with Gasteiger partial charge in [0, 0.05) is 17.5 Å². The van der Waals surface area contributed by atoms with Gasteiger partial charge in [-0.1, -0.05) is 60.1 Å². The second-order valence-corrected chi connectivity index (χ2v) is 9.42. The van der Waals surface area contributed by atoms with Crippen LogP contribution in [-0.4, -0.2) is 26.7 Å². The third kappa shape index (κ3) is 3.35. The molecule has 3 aromatic carbocycles. The highest BCUT2D eigenvalue weighted by Gasteiger charge is 2.28. The zero-order valence-electron chi connectivity index (χ0n) is 18.1. The predicted octanol–water partition coefficient (Wildman–Crippen LogP) is 6.37. The van der Waals surface area contributed by atoms with Gasteiger partial charge in [0.1, 0.15) is 5.82 Å². The first-order valence-corrected chi connectivity index (χ1v) is 11.6. The number of benzene rings is 3. The van der Waals surface area contributed by atoms with Gasteiger partial charge in [-0.25, -0.2) is 0 Å². The van der Waals surface area contributed by atoms with E-state index in [0.717, 1.165) is 54.7 Å². The van der Waals surface area contributed by atoms with Crippen LogP contribution in [0.2, 0.25) is 5.02 Å². The fourth-order valence-electron chi connectivity index (χ4n) is 5.27. The molecule has 0 fully saturated rings. The fraction of sp³-hybridized carbons (Fsp3) is 0.259. The molecule has 0 saturated carbocycles. The first-order valence-electron chi connectivity index (χ1n) is 11.3. The van der Waals surface area contributed by atoms with Crippen molar-refractivity contribution in [3.05, 3.63) is 94.5 Å². The van der Waals surface area contributed by atoms with Gasteiger partial charge < -0.3 is 0 Å². The molecule has 0 amide bonds. The molecule has 6 rings (SSSR count). The van der Waals surface area contributed by atoms with E-state index in [0.29, 0.717) is 5.92 Å². The Kier molecular flexibility index (Phi) is 4.85. The topological polar surface area (TPSA) is 34.0 Å². The van der Waals surface area contributed by atoms with Crippen molar-refractivity contribution in [2.45, 2.75) is 38.3 Å². The average molecular weight is 441 g/mol. The van der Waals surface area contributed by atoms with Gasteiger partial charge in [0.2, 0.25) is 0 Å². The summed E-state index contributed by atoms with van der Waals surface area (Å²) in [5, 5.41) is 12.7. The van der Waals surface area contributed by atoms with Gasteiger partial charge in [-0.15, -0.1) is 10.2 Å². The highest BCUT2D eigenvalue weighted by molar-refractivity contribution is 6.30. The minimum Gasteiger partial charge on any atom is -0.295 e. The normalized spacial score (nSPS) is 18.7. The Morgan fingerprint density at radius 2 is 1.84 bits per heavy atom. The quantitative estimate of drug-likeness (QED) is 0.363. The Balaban J connectivity index is 1.37. The summed E-state index contributed by atoms with van der Waals surface area (Å²) >= 11 is 6.32. The van der Waals surface area contributed by atoms with Crippen LogP contribution < -0.4 is 0 Å². The van der Waals surface area contributed by atoms with Crippen LogP contribution in [0.5, 0.6) is 0 Å². The molecule has 1 unspecified atom stereocenters. The molecular formula is C27H25ClN4. The fourth-order valence-corrected chi connectivity index (χ4v) is 5.46. The number of rotatable bonds is 2. The van der Waals surface area contributed by atoms with E-state index in [9.17, 15) is 0 Å². The number of allylic oxidation sites excluding steroid dienone is 2. The summed E-state index contributed by atoms with van der Waals surface area (Å²) in [7, 11) is 2.12. The molecule has 160 valence electrons. The third-order valence-corrected chi connectivity index (χ3v) is 7.04. The molecule has 0 bridgehead atoms. The smallest absolute Gasteiger partial charge is 0.151 e. The summed E-state index contributed by atoms with van der Waals surface area (Å²) in [5.41, 5.74) is 5.20. The monoisotopic (exact) mass is 440 g/mol. The lowest BCUT2D eigenvalue weighted by atomic mass is 9.84. The van der Waals surface area contributed by atoms with Crippen molar-refractivity contribution in [1.82, 2.24) is 19.7 Å². The van der Waals surface area contributed by atoms with Crippen molar-refractivity contribution in [3.8, 4) is 5.69 Å². The summed E-state index contributed by atoms with van der Waals surface area (Å²) in [4.78, 5) is 2.27.